The van der Waals surface area contributed by atoms with E-state index in [-0.39, 0.29) is 22.9 Å². The van der Waals surface area contributed by atoms with Crippen LogP contribution in [0, 0.1) is 21.4 Å². The molecule has 0 aromatic heterocycles. The van der Waals surface area contributed by atoms with E-state index in [0.29, 0.717) is 44.4 Å². The van der Waals surface area contributed by atoms with Crippen LogP contribution in [0.3, 0.4) is 0 Å². The maximum absolute atomic E-state index is 12.6. The summed E-state index contributed by atoms with van der Waals surface area (Å²) in [7, 11) is 0. The number of nitriles is 1. The van der Waals surface area contributed by atoms with E-state index in [9.17, 15) is 20.2 Å². The molecule has 0 aliphatic carbocycles. The second kappa shape index (κ2) is 12.4. The Balaban J connectivity index is 1.85. The standard InChI is InChI=1S/C25H18BrCl2N3O5/c1-2-35-23-11-16(8-17(13-29)25(32)30-18-6-7-21(27)22(28)12-18)10-20(26)24(23)36-14-15-4-3-5-19(9-15)31(33)34/h3-12H,2,14H2,1H3,(H,30,32)/b17-8+. The van der Waals surface area contributed by atoms with Gasteiger partial charge < -0.3 is 14.8 Å². The molecule has 0 radical (unpaired) electrons. The summed E-state index contributed by atoms with van der Waals surface area (Å²) < 4.78 is 12.1. The number of nitro groups is 1. The molecule has 0 unspecified atom stereocenters. The Hall–Kier alpha value is -3.58. The van der Waals surface area contributed by atoms with Crippen molar-refractivity contribution in [3.63, 3.8) is 0 Å². The Bertz CT molecular complexity index is 1390. The number of benzene rings is 3. The van der Waals surface area contributed by atoms with Gasteiger partial charge >= 0.3 is 0 Å². The smallest absolute Gasteiger partial charge is 0.269 e. The van der Waals surface area contributed by atoms with Crippen molar-refractivity contribution < 1.29 is 19.2 Å². The zero-order chi connectivity index (χ0) is 26.2. The molecule has 0 aliphatic heterocycles. The normalized spacial score (nSPS) is 10.9. The zero-order valence-electron chi connectivity index (χ0n) is 18.8. The minimum Gasteiger partial charge on any atom is -0.490 e. The molecule has 0 bridgehead atoms. The molecule has 0 aliphatic rings. The Morgan fingerprint density at radius 3 is 2.61 bits per heavy atom. The van der Waals surface area contributed by atoms with Gasteiger partial charge in [0.1, 0.15) is 18.2 Å². The highest BCUT2D eigenvalue weighted by Crippen LogP contribution is 2.38. The summed E-state index contributed by atoms with van der Waals surface area (Å²) in [6.45, 7) is 2.19. The van der Waals surface area contributed by atoms with Crippen LogP contribution in [0.4, 0.5) is 11.4 Å². The summed E-state index contributed by atoms with van der Waals surface area (Å²) in [6, 6.07) is 15.9. The summed E-state index contributed by atoms with van der Waals surface area (Å²) in [4.78, 5) is 23.2. The number of hydrogen-bond acceptors (Lipinski definition) is 6. The number of nitrogens with zero attached hydrogens (tertiary/aromatic N) is 2. The molecule has 8 nitrogen and oxygen atoms in total. The number of ether oxygens (including phenoxy) is 2. The first-order valence-electron chi connectivity index (χ1n) is 10.4. The van der Waals surface area contributed by atoms with Gasteiger partial charge in [0, 0.05) is 17.8 Å². The van der Waals surface area contributed by atoms with Gasteiger partial charge in [0.05, 0.1) is 26.0 Å². The first-order chi connectivity index (χ1) is 17.2. The lowest BCUT2D eigenvalue weighted by atomic mass is 10.1. The number of non-ortho nitro benzene ring substituents is 1. The highest BCUT2D eigenvalue weighted by atomic mass is 79.9. The van der Waals surface area contributed by atoms with E-state index < -0.39 is 10.8 Å². The number of anilines is 1. The molecular weight excluding hydrogens is 573 g/mol. The largest absolute Gasteiger partial charge is 0.490 e. The number of carbonyl (C=O) groups excluding carboxylic acids is 1. The van der Waals surface area contributed by atoms with Crippen LogP contribution in [0.2, 0.25) is 10.0 Å². The minimum atomic E-state index is -0.629. The van der Waals surface area contributed by atoms with Crippen molar-refractivity contribution in [3.8, 4) is 17.6 Å². The molecule has 1 N–H and O–H groups in total. The van der Waals surface area contributed by atoms with E-state index in [2.05, 4.69) is 21.2 Å². The average Bonchev–Trinajstić information content (AvgIpc) is 2.84. The maximum Gasteiger partial charge on any atom is 0.269 e. The van der Waals surface area contributed by atoms with Crippen molar-refractivity contribution in [1.82, 2.24) is 0 Å². The Labute approximate surface area is 225 Å². The lowest BCUT2D eigenvalue weighted by Gasteiger charge is -2.15. The second-order valence-corrected chi connectivity index (χ2v) is 8.90. The lowest BCUT2D eigenvalue weighted by molar-refractivity contribution is -0.384. The van der Waals surface area contributed by atoms with E-state index in [1.54, 1.807) is 37.3 Å². The molecule has 0 heterocycles. The number of rotatable bonds is 9. The number of carbonyl (C=O) groups is 1. The van der Waals surface area contributed by atoms with Crippen LogP contribution in [-0.4, -0.2) is 17.4 Å². The summed E-state index contributed by atoms with van der Waals surface area (Å²) in [5.41, 5.74) is 1.31. The quantitative estimate of drug-likeness (QED) is 0.122. The Kier molecular flexibility index (Phi) is 9.31. The molecule has 11 heteroatoms. The van der Waals surface area contributed by atoms with Crippen LogP contribution >= 0.6 is 39.1 Å². The van der Waals surface area contributed by atoms with Gasteiger partial charge in [0.15, 0.2) is 11.5 Å². The molecule has 0 atom stereocenters. The third-order valence-electron chi connectivity index (χ3n) is 4.69. The highest BCUT2D eigenvalue weighted by Gasteiger charge is 2.16. The van der Waals surface area contributed by atoms with Crippen molar-refractivity contribution in [2.45, 2.75) is 13.5 Å². The van der Waals surface area contributed by atoms with Crippen LogP contribution in [0.1, 0.15) is 18.1 Å². The van der Waals surface area contributed by atoms with Crippen LogP contribution in [0.15, 0.2) is 64.6 Å². The molecule has 3 aromatic rings. The fourth-order valence-corrected chi connectivity index (χ4v) is 3.95. The van der Waals surface area contributed by atoms with Gasteiger partial charge in [-0.2, -0.15) is 5.26 Å². The van der Waals surface area contributed by atoms with Crippen LogP contribution in [-0.2, 0) is 11.4 Å². The van der Waals surface area contributed by atoms with E-state index in [1.807, 2.05) is 6.07 Å². The molecular formula is C25H18BrCl2N3O5. The van der Waals surface area contributed by atoms with Crippen LogP contribution in [0.5, 0.6) is 11.5 Å². The van der Waals surface area contributed by atoms with Crippen molar-refractivity contribution >= 4 is 62.5 Å². The first kappa shape index (κ1) is 27.0. The third kappa shape index (κ3) is 6.98. The van der Waals surface area contributed by atoms with Gasteiger partial charge in [-0.05, 0) is 70.4 Å². The molecule has 0 saturated carbocycles. The van der Waals surface area contributed by atoms with Gasteiger partial charge in [-0.3, -0.25) is 14.9 Å². The predicted molar refractivity (Wildman–Crippen MR) is 141 cm³/mol. The van der Waals surface area contributed by atoms with E-state index >= 15 is 0 Å². The van der Waals surface area contributed by atoms with Crippen molar-refractivity contribution in [1.29, 1.82) is 5.26 Å². The number of hydrogen-bond donors (Lipinski definition) is 1. The second-order valence-electron chi connectivity index (χ2n) is 7.23. The molecule has 0 spiro atoms. The fourth-order valence-electron chi connectivity index (χ4n) is 3.08. The van der Waals surface area contributed by atoms with Crippen molar-refractivity contribution in [2.24, 2.45) is 0 Å². The Morgan fingerprint density at radius 1 is 1.17 bits per heavy atom. The summed E-state index contributed by atoms with van der Waals surface area (Å²) in [5.74, 6) is 0.112. The van der Waals surface area contributed by atoms with E-state index in [1.165, 1.54) is 30.3 Å². The number of amides is 1. The highest BCUT2D eigenvalue weighted by molar-refractivity contribution is 9.10. The molecule has 0 fully saturated rings. The van der Waals surface area contributed by atoms with Crippen molar-refractivity contribution in [2.75, 3.05) is 11.9 Å². The van der Waals surface area contributed by atoms with Crippen LogP contribution < -0.4 is 14.8 Å². The average molecular weight is 591 g/mol. The minimum absolute atomic E-state index is 0.0381. The summed E-state index contributed by atoms with van der Waals surface area (Å²) >= 11 is 15.3. The van der Waals surface area contributed by atoms with Crippen LogP contribution in [0.25, 0.3) is 6.08 Å². The van der Waals surface area contributed by atoms with Gasteiger partial charge in [-0.1, -0.05) is 35.3 Å². The number of nitro benzene ring substituents is 1. The van der Waals surface area contributed by atoms with Gasteiger partial charge in [-0.25, -0.2) is 0 Å². The molecule has 3 aromatic carbocycles. The Morgan fingerprint density at radius 2 is 1.94 bits per heavy atom. The predicted octanol–water partition coefficient (Wildman–Crippen LogP) is 7.19. The lowest BCUT2D eigenvalue weighted by Crippen LogP contribution is -2.13. The zero-order valence-corrected chi connectivity index (χ0v) is 21.9. The fraction of sp³-hybridized carbons (Fsp3) is 0.120. The van der Waals surface area contributed by atoms with Gasteiger partial charge in [0.25, 0.3) is 11.6 Å². The number of nitrogens with one attached hydrogen (secondary N) is 1. The van der Waals surface area contributed by atoms with E-state index in [4.69, 9.17) is 32.7 Å². The summed E-state index contributed by atoms with van der Waals surface area (Å²) in [6.07, 6.45) is 1.41. The summed E-state index contributed by atoms with van der Waals surface area (Å²) in [5, 5.41) is 23.8. The molecule has 184 valence electrons. The van der Waals surface area contributed by atoms with Gasteiger partial charge in [-0.15, -0.1) is 0 Å². The SMILES string of the molecule is CCOc1cc(/C=C(\C#N)C(=O)Nc2ccc(Cl)c(Cl)c2)cc(Br)c1OCc1cccc([N+](=O)[O-])c1. The van der Waals surface area contributed by atoms with Gasteiger partial charge in [0.2, 0.25) is 0 Å². The van der Waals surface area contributed by atoms with E-state index in [0.717, 1.165) is 0 Å². The molecule has 36 heavy (non-hydrogen) atoms. The first-order valence-corrected chi connectivity index (χ1v) is 12.0. The molecule has 0 saturated heterocycles. The topological polar surface area (TPSA) is 114 Å². The maximum atomic E-state index is 12.6. The molecule has 1 amide bonds. The molecule has 3 rings (SSSR count). The monoisotopic (exact) mass is 589 g/mol. The van der Waals surface area contributed by atoms with Crippen molar-refractivity contribution in [3.05, 3.63) is 95.9 Å². The third-order valence-corrected chi connectivity index (χ3v) is 6.02. The number of halogens is 3.